The first-order valence-corrected chi connectivity index (χ1v) is 5.63. The smallest absolute Gasteiger partial charge is 0.303 e. The summed E-state index contributed by atoms with van der Waals surface area (Å²) in [6.45, 7) is 4.23. The lowest BCUT2D eigenvalue weighted by Crippen LogP contribution is -2.34. The third-order valence-corrected chi connectivity index (χ3v) is 3.39. The number of likely N-dealkylation sites (tertiary alicyclic amines) is 1. The van der Waals surface area contributed by atoms with Crippen LogP contribution in [-0.2, 0) is 4.79 Å². The average Bonchev–Trinajstić information content (AvgIpc) is 2.46. The summed E-state index contributed by atoms with van der Waals surface area (Å²) < 4.78 is 0. The van der Waals surface area contributed by atoms with Crippen molar-refractivity contribution in [2.45, 2.75) is 38.3 Å². The maximum atomic E-state index is 10.4. The number of nitrogens with zero attached hydrogens (tertiary/aromatic N) is 2. The van der Waals surface area contributed by atoms with Gasteiger partial charge in [0.05, 0.1) is 0 Å². The second kappa shape index (κ2) is 5.47. The minimum Gasteiger partial charge on any atom is -0.481 e. The SMILES string of the molecule is CC1CC(N(C)CCCC(=O)O)CN1C. The molecule has 2 atom stereocenters. The zero-order chi connectivity index (χ0) is 11.4. The predicted molar refractivity (Wildman–Crippen MR) is 60.0 cm³/mol. The van der Waals surface area contributed by atoms with Gasteiger partial charge in [-0.1, -0.05) is 0 Å². The minimum atomic E-state index is -0.694. The molecule has 0 aliphatic carbocycles. The van der Waals surface area contributed by atoms with Crippen molar-refractivity contribution in [1.29, 1.82) is 0 Å². The Morgan fingerprint density at radius 2 is 2.27 bits per heavy atom. The summed E-state index contributed by atoms with van der Waals surface area (Å²) in [4.78, 5) is 15.0. The predicted octanol–water partition coefficient (Wildman–Crippen LogP) is 0.876. The maximum Gasteiger partial charge on any atom is 0.303 e. The summed E-state index contributed by atoms with van der Waals surface area (Å²) in [5.74, 6) is -0.694. The molecule has 4 nitrogen and oxygen atoms in total. The molecule has 1 aliphatic heterocycles. The van der Waals surface area contributed by atoms with Gasteiger partial charge in [-0.25, -0.2) is 0 Å². The van der Waals surface area contributed by atoms with Crippen LogP contribution in [-0.4, -0.2) is 60.1 Å². The summed E-state index contributed by atoms with van der Waals surface area (Å²) >= 11 is 0. The van der Waals surface area contributed by atoms with E-state index in [0.717, 1.165) is 19.5 Å². The first-order chi connectivity index (χ1) is 7.00. The first-order valence-electron chi connectivity index (χ1n) is 5.63. The number of carboxylic acids is 1. The summed E-state index contributed by atoms with van der Waals surface area (Å²) in [5.41, 5.74) is 0. The standard InChI is InChI=1S/C11H22N2O2/c1-9-7-10(8-13(9)3)12(2)6-4-5-11(14)15/h9-10H,4-8H2,1-3H3,(H,14,15). The molecular formula is C11H22N2O2. The molecule has 1 N–H and O–H groups in total. The van der Waals surface area contributed by atoms with Crippen LogP contribution in [0.3, 0.4) is 0 Å². The topological polar surface area (TPSA) is 43.8 Å². The van der Waals surface area contributed by atoms with E-state index in [9.17, 15) is 4.79 Å². The molecule has 1 fully saturated rings. The Morgan fingerprint density at radius 1 is 1.60 bits per heavy atom. The molecule has 1 saturated heterocycles. The fraction of sp³-hybridized carbons (Fsp3) is 0.909. The number of likely N-dealkylation sites (N-methyl/N-ethyl adjacent to an activating group) is 2. The van der Waals surface area contributed by atoms with Crippen LogP contribution in [0, 0.1) is 0 Å². The quantitative estimate of drug-likeness (QED) is 0.737. The van der Waals surface area contributed by atoms with Crippen LogP contribution in [0.15, 0.2) is 0 Å². The second-order valence-corrected chi connectivity index (χ2v) is 4.66. The number of carboxylic acid groups (broad SMARTS) is 1. The largest absolute Gasteiger partial charge is 0.481 e. The molecule has 0 saturated carbocycles. The molecule has 15 heavy (non-hydrogen) atoms. The molecule has 0 aromatic heterocycles. The highest BCUT2D eigenvalue weighted by atomic mass is 16.4. The van der Waals surface area contributed by atoms with Crippen molar-refractivity contribution in [1.82, 2.24) is 9.80 Å². The fourth-order valence-corrected chi connectivity index (χ4v) is 2.14. The molecule has 0 spiro atoms. The van der Waals surface area contributed by atoms with E-state index in [1.165, 1.54) is 6.42 Å². The van der Waals surface area contributed by atoms with Crippen LogP contribution in [0.25, 0.3) is 0 Å². The molecule has 0 aromatic carbocycles. The van der Waals surface area contributed by atoms with Crippen LogP contribution in [0.1, 0.15) is 26.2 Å². The van der Waals surface area contributed by atoms with Crippen molar-refractivity contribution in [2.24, 2.45) is 0 Å². The molecule has 1 aliphatic rings. The van der Waals surface area contributed by atoms with E-state index >= 15 is 0 Å². The van der Waals surface area contributed by atoms with Gasteiger partial charge >= 0.3 is 5.97 Å². The first kappa shape index (κ1) is 12.5. The van der Waals surface area contributed by atoms with E-state index in [-0.39, 0.29) is 6.42 Å². The number of hydrogen-bond acceptors (Lipinski definition) is 3. The highest BCUT2D eigenvalue weighted by Crippen LogP contribution is 2.19. The third kappa shape index (κ3) is 3.80. The van der Waals surface area contributed by atoms with Crippen molar-refractivity contribution in [2.75, 3.05) is 27.2 Å². The summed E-state index contributed by atoms with van der Waals surface area (Å²) in [6, 6.07) is 1.25. The van der Waals surface area contributed by atoms with E-state index < -0.39 is 5.97 Å². The number of rotatable bonds is 5. The molecule has 0 amide bonds. The number of hydrogen-bond donors (Lipinski definition) is 1. The van der Waals surface area contributed by atoms with Gasteiger partial charge in [0.15, 0.2) is 0 Å². The van der Waals surface area contributed by atoms with Gasteiger partial charge in [0.25, 0.3) is 0 Å². The Labute approximate surface area is 91.9 Å². The Kier molecular flexibility index (Phi) is 4.54. The number of aliphatic carboxylic acids is 1. The van der Waals surface area contributed by atoms with Gasteiger partial charge in [-0.15, -0.1) is 0 Å². The second-order valence-electron chi connectivity index (χ2n) is 4.66. The van der Waals surface area contributed by atoms with E-state index in [0.29, 0.717) is 12.1 Å². The Balaban J connectivity index is 2.23. The van der Waals surface area contributed by atoms with Gasteiger partial charge in [0.2, 0.25) is 0 Å². The third-order valence-electron chi connectivity index (χ3n) is 3.39. The fourth-order valence-electron chi connectivity index (χ4n) is 2.14. The highest BCUT2D eigenvalue weighted by Gasteiger charge is 2.28. The van der Waals surface area contributed by atoms with Crippen LogP contribution in [0.2, 0.25) is 0 Å². The van der Waals surface area contributed by atoms with E-state index in [4.69, 9.17) is 5.11 Å². The molecule has 4 heteroatoms. The van der Waals surface area contributed by atoms with Gasteiger partial charge in [-0.3, -0.25) is 4.79 Å². The lowest BCUT2D eigenvalue weighted by molar-refractivity contribution is -0.137. The summed E-state index contributed by atoms with van der Waals surface area (Å²) in [5, 5.41) is 8.55. The Bertz CT molecular complexity index is 211. The molecule has 2 unspecified atom stereocenters. The molecule has 0 radical (unpaired) electrons. The van der Waals surface area contributed by atoms with E-state index in [1.54, 1.807) is 0 Å². The van der Waals surface area contributed by atoms with Crippen molar-refractivity contribution in [3.63, 3.8) is 0 Å². The lowest BCUT2D eigenvalue weighted by Gasteiger charge is -2.23. The minimum absolute atomic E-state index is 0.280. The average molecular weight is 214 g/mol. The summed E-state index contributed by atoms with van der Waals surface area (Å²) in [6.07, 6.45) is 2.23. The molecule has 88 valence electrons. The highest BCUT2D eigenvalue weighted by molar-refractivity contribution is 5.66. The monoisotopic (exact) mass is 214 g/mol. The maximum absolute atomic E-state index is 10.4. The van der Waals surface area contributed by atoms with E-state index in [2.05, 4.69) is 30.8 Å². The zero-order valence-corrected chi connectivity index (χ0v) is 9.94. The molecular weight excluding hydrogens is 192 g/mol. The van der Waals surface area contributed by atoms with Gasteiger partial charge in [-0.2, -0.15) is 0 Å². The van der Waals surface area contributed by atoms with Crippen LogP contribution < -0.4 is 0 Å². The van der Waals surface area contributed by atoms with Gasteiger partial charge in [0.1, 0.15) is 0 Å². The zero-order valence-electron chi connectivity index (χ0n) is 9.94. The van der Waals surface area contributed by atoms with Gasteiger partial charge < -0.3 is 14.9 Å². The molecule has 1 rings (SSSR count). The normalized spacial score (nSPS) is 27.5. The van der Waals surface area contributed by atoms with Gasteiger partial charge in [-0.05, 0) is 40.4 Å². The van der Waals surface area contributed by atoms with Crippen LogP contribution in [0.5, 0.6) is 0 Å². The van der Waals surface area contributed by atoms with Crippen LogP contribution >= 0.6 is 0 Å². The van der Waals surface area contributed by atoms with Crippen molar-refractivity contribution in [3.05, 3.63) is 0 Å². The Morgan fingerprint density at radius 3 is 2.73 bits per heavy atom. The van der Waals surface area contributed by atoms with Crippen molar-refractivity contribution < 1.29 is 9.90 Å². The molecule has 1 heterocycles. The van der Waals surface area contributed by atoms with Crippen LogP contribution in [0.4, 0.5) is 0 Å². The molecule has 0 bridgehead atoms. The molecule has 0 aromatic rings. The van der Waals surface area contributed by atoms with E-state index in [1.807, 2.05) is 0 Å². The summed E-state index contributed by atoms with van der Waals surface area (Å²) in [7, 11) is 4.24. The lowest BCUT2D eigenvalue weighted by atomic mass is 10.1. The Hall–Kier alpha value is -0.610. The van der Waals surface area contributed by atoms with Crippen molar-refractivity contribution >= 4 is 5.97 Å². The van der Waals surface area contributed by atoms with Gasteiger partial charge in [0, 0.05) is 25.0 Å². The van der Waals surface area contributed by atoms with Crippen molar-refractivity contribution in [3.8, 4) is 0 Å². The number of carbonyl (C=O) groups is 1.